The third-order valence-electron chi connectivity index (χ3n) is 3.01. The van der Waals surface area contributed by atoms with E-state index in [-0.39, 0.29) is 5.57 Å². The second-order valence-corrected chi connectivity index (χ2v) is 4.42. The molecule has 0 spiro atoms. The molecule has 1 rings (SSSR count). The number of carbonyl (C=O) groups excluding carboxylic acids is 1. The molecule has 4 nitrogen and oxygen atoms in total. The van der Waals surface area contributed by atoms with Crippen LogP contribution in [-0.2, 0) is 14.3 Å². The maximum Gasteiger partial charge on any atom is 0.335 e. The molecular formula is C10H14O4. The third kappa shape index (κ3) is 1.41. The average molecular weight is 198 g/mol. The summed E-state index contributed by atoms with van der Waals surface area (Å²) in [5.74, 6) is -1.66. The SMILES string of the molecule is CC1(C)OC(=O)/C(=C\C(=O)O)C1(C)C. The molecule has 0 aromatic heterocycles. The van der Waals surface area contributed by atoms with Gasteiger partial charge in [-0.3, -0.25) is 0 Å². The molecule has 1 N–H and O–H groups in total. The molecule has 0 radical (unpaired) electrons. The summed E-state index contributed by atoms with van der Waals surface area (Å²) in [5, 5.41) is 8.61. The molecule has 0 atom stereocenters. The Morgan fingerprint density at radius 1 is 1.36 bits per heavy atom. The summed E-state index contributed by atoms with van der Waals surface area (Å²) >= 11 is 0. The van der Waals surface area contributed by atoms with E-state index in [4.69, 9.17) is 9.84 Å². The molecule has 1 aliphatic rings. The molecule has 0 unspecified atom stereocenters. The van der Waals surface area contributed by atoms with Crippen LogP contribution in [0, 0.1) is 5.41 Å². The predicted molar refractivity (Wildman–Crippen MR) is 49.7 cm³/mol. The van der Waals surface area contributed by atoms with Gasteiger partial charge in [-0.1, -0.05) is 13.8 Å². The van der Waals surface area contributed by atoms with Crippen molar-refractivity contribution >= 4 is 11.9 Å². The lowest BCUT2D eigenvalue weighted by Gasteiger charge is -2.31. The molecule has 0 amide bonds. The van der Waals surface area contributed by atoms with Crippen molar-refractivity contribution in [1.82, 2.24) is 0 Å². The summed E-state index contributed by atoms with van der Waals surface area (Å²) in [7, 11) is 0. The number of cyclic esters (lactones) is 1. The highest BCUT2D eigenvalue weighted by Gasteiger charge is 2.52. The van der Waals surface area contributed by atoms with Crippen molar-refractivity contribution in [2.75, 3.05) is 0 Å². The Hall–Kier alpha value is -1.32. The number of rotatable bonds is 1. The molecule has 0 aliphatic carbocycles. The van der Waals surface area contributed by atoms with Gasteiger partial charge < -0.3 is 9.84 Å². The van der Waals surface area contributed by atoms with E-state index in [1.54, 1.807) is 27.7 Å². The first-order chi connectivity index (χ1) is 6.18. The molecule has 14 heavy (non-hydrogen) atoms. The molecule has 1 fully saturated rings. The van der Waals surface area contributed by atoms with Gasteiger partial charge in [0.2, 0.25) is 0 Å². The topological polar surface area (TPSA) is 63.6 Å². The van der Waals surface area contributed by atoms with Crippen LogP contribution >= 0.6 is 0 Å². The normalized spacial score (nSPS) is 26.3. The first kappa shape index (κ1) is 10.8. The Morgan fingerprint density at radius 3 is 2.14 bits per heavy atom. The average Bonchev–Trinajstić information content (AvgIpc) is 2.09. The Morgan fingerprint density at radius 2 is 1.86 bits per heavy atom. The first-order valence-corrected chi connectivity index (χ1v) is 4.37. The predicted octanol–water partition coefficient (Wildman–Crippen LogP) is 1.36. The number of hydrogen-bond acceptors (Lipinski definition) is 3. The summed E-state index contributed by atoms with van der Waals surface area (Å²) in [6.45, 7) is 7.14. The van der Waals surface area contributed by atoms with Gasteiger partial charge in [-0.25, -0.2) is 9.59 Å². The van der Waals surface area contributed by atoms with Crippen molar-refractivity contribution in [3.63, 3.8) is 0 Å². The second kappa shape index (κ2) is 2.83. The van der Waals surface area contributed by atoms with E-state index in [9.17, 15) is 9.59 Å². The lowest BCUT2D eigenvalue weighted by atomic mass is 9.74. The Labute approximate surface area is 82.6 Å². The highest BCUT2D eigenvalue weighted by atomic mass is 16.6. The van der Waals surface area contributed by atoms with Crippen molar-refractivity contribution in [3.8, 4) is 0 Å². The molecule has 0 saturated carbocycles. The smallest absolute Gasteiger partial charge is 0.335 e. The van der Waals surface area contributed by atoms with Gasteiger partial charge in [0.1, 0.15) is 5.60 Å². The molecular weight excluding hydrogens is 184 g/mol. The van der Waals surface area contributed by atoms with E-state index >= 15 is 0 Å². The number of ether oxygens (including phenoxy) is 1. The first-order valence-electron chi connectivity index (χ1n) is 4.37. The largest absolute Gasteiger partial charge is 0.478 e. The van der Waals surface area contributed by atoms with Crippen molar-refractivity contribution in [2.24, 2.45) is 5.41 Å². The standard InChI is InChI=1S/C10H14O4/c1-9(2)6(5-7(11)12)8(13)14-10(9,3)4/h5H,1-4H3,(H,11,12)/b6-5+. The lowest BCUT2D eigenvalue weighted by Crippen LogP contribution is -2.35. The highest BCUT2D eigenvalue weighted by Crippen LogP contribution is 2.46. The Balaban J connectivity index is 3.22. The molecule has 0 aromatic rings. The fourth-order valence-electron chi connectivity index (χ4n) is 1.36. The van der Waals surface area contributed by atoms with Gasteiger partial charge >= 0.3 is 11.9 Å². The highest BCUT2D eigenvalue weighted by molar-refractivity contribution is 5.99. The van der Waals surface area contributed by atoms with Crippen LogP contribution in [0.3, 0.4) is 0 Å². The number of carbonyl (C=O) groups is 2. The summed E-state index contributed by atoms with van der Waals surface area (Å²) in [4.78, 5) is 21.9. The van der Waals surface area contributed by atoms with E-state index in [1.165, 1.54) is 0 Å². The number of carboxylic acid groups (broad SMARTS) is 1. The number of carboxylic acids is 1. The summed E-state index contributed by atoms with van der Waals surface area (Å²) < 4.78 is 5.11. The fraction of sp³-hybridized carbons (Fsp3) is 0.600. The van der Waals surface area contributed by atoms with Crippen LogP contribution in [0.5, 0.6) is 0 Å². The zero-order chi connectivity index (χ0) is 11.1. The van der Waals surface area contributed by atoms with Crippen LogP contribution in [0.2, 0.25) is 0 Å². The minimum Gasteiger partial charge on any atom is -0.478 e. The van der Waals surface area contributed by atoms with Gasteiger partial charge in [0, 0.05) is 11.5 Å². The van der Waals surface area contributed by atoms with E-state index < -0.39 is 23.0 Å². The van der Waals surface area contributed by atoms with Crippen LogP contribution in [-0.4, -0.2) is 22.6 Å². The van der Waals surface area contributed by atoms with Crippen molar-refractivity contribution in [1.29, 1.82) is 0 Å². The van der Waals surface area contributed by atoms with Crippen LogP contribution in [0.15, 0.2) is 11.6 Å². The monoisotopic (exact) mass is 198 g/mol. The van der Waals surface area contributed by atoms with E-state index in [0.29, 0.717) is 0 Å². The molecule has 0 aromatic carbocycles. The minimum atomic E-state index is -1.12. The quantitative estimate of drug-likeness (QED) is 0.510. The molecule has 1 aliphatic heterocycles. The molecule has 0 bridgehead atoms. The lowest BCUT2D eigenvalue weighted by molar-refractivity contribution is -0.146. The van der Waals surface area contributed by atoms with Gasteiger partial charge in [0.15, 0.2) is 0 Å². The van der Waals surface area contributed by atoms with Gasteiger partial charge in [0.05, 0.1) is 5.57 Å². The fourth-order valence-corrected chi connectivity index (χ4v) is 1.36. The Bertz CT molecular complexity index is 323. The van der Waals surface area contributed by atoms with E-state index in [2.05, 4.69) is 0 Å². The van der Waals surface area contributed by atoms with Crippen molar-refractivity contribution in [3.05, 3.63) is 11.6 Å². The maximum atomic E-state index is 11.4. The van der Waals surface area contributed by atoms with E-state index in [0.717, 1.165) is 6.08 Å². The van der Waals surface area contributed by atoms with Gasteiger partial charge in [0.25, 0.3) is 0 Å². The summed E-state index contributed by atoms with van der Waals surface area (Å²) in [6, 6.07) is 0. The molecule has 1 saturated heterocycles. The van der Waals surface area contributed by atoms with Gasteiger partial charge in [-0.05, 0) is 13.8 Å². The van der Waals surface area contributed by atoms with Crippen LogP contribution in [0.4, 0.5) is 0 Å². The molecule has 1 heterocycles. The second-order valence-electron chi connectivity index (χ2n) is 4.42. The summed E-state index contributed by atoms with van der Waals surface area (Å²) in [5.41, 5.74) is -1.02. The number of aliphatic carboxylic acids is 1. The Kier molecular flexibility index (Phi) is 2.18. The number of hydrogen-bond donors (Lipinski definition) is 1. The van der Waals surface area contributed by atoms with Crippen LogP contribution < -0.4 is 0 Å². The van der Waals surface area contributed by atoms with Crippen LogP contribution in [0.25, 0.3) is 0 Å². The number of esters is 1. The molecule has 4 heteroatoms. The maximum absolute atomic E-state index is 11.4. The zero-order valence-electron chi connectivity index (χ0n) is 8.75. The van der Waals surface area contributed by atoms with Crippen molar-refractivity contribution in [2.45, 2.75) is 33.3 Å². The van der Waals surface area contributed by atoms with Crippen molar-refractivity contribution < 1.29 is 19.4 Å². The third-order valence-corrected chi connectivity index (χ3v) is 3.01. The minimum absolute atomic E-state index is 0.218. The zero-order valence-corrected chi connectivity index (χ0v) is 8.75. The van der Waals surface area contributed by atoms with E-state index in [1.807, 2.05) is 0 Å². The van der Waals surface area contributed by atoms with Gasteiger partial charge in [-0.2, -0.15) is 0 Å². The van der Waals surface area contributed by atoms with Crippen LogP contribution in [0.1, 0.15) is 27.7 Å². The summed E-state index contributed by atoms with van der Waals surface area (Å²) in [6.07, 6.45) is 0.928. The van der Waals surface area contributed by atoms with Gasteiger partial charge in [-0.15, -0.1) is 0 Å². The molecule has 78 valence electrons.